The molecule has 1 fully saturated rings. The summed E-state index contributed by atoms with van der Waals surface area (Å²) in [6.07, 6.45) is 1.65. The number of nitrogens with zero attached hydrogens (tertiary/aromatic N) is 2. The van der Waals surface area contributed by atoms with Gasteiger partial charge in [-0.25, -0.2) is 0 Å². The number of hydrogen-bond donors (Lipinski definition) is 0. The van der Waals surface area contributed by atoms with Crippen molar-refractivity contribution in [1.29, 1.82) is 0 Å². The molecule has 6 nitrogen and oxygen atoms in total. The molecule has 0 N–H and O–H groups in total. The van der Waals surface area contributed by atoms with Gasteiger partial charge in [-0.1, -0.05) is 30.3 Å². The molecule has 0 aliphatic carbocycles. The first kappa shape index (κ1) is 24.2. The summed E-state index contributed by atoms with van der Waals surface area (Å²) in [4.78, 5) is 17.5. The first-order valence-electron chi connectivity index (χ1n) is 11.5. The van der Waals surface area contributed by atoms with E-state index in [-0.39, 0.29) is 11.9 Å². The summed E-state index contributed by atoms with van der Waals surface area (Å²) in [5, 5.41) is 0. The molecule has 0 spiro atoms. The highest BCUT2D eigenvalue weighted by atomic mass is 16.5. The molecule has 6 heteroatoms. The number of ether oxygens (including phenoxy) is 3. The van der Waals surface area contributed by atoms with Gasteiger partial charge in [0.05, 0.1) is 20.3 Å². The molecule has 3 rings (SSSR count). The van der Waals surface area contributed by atoms with Gasteiger partial charge in [0.1, 0.15) is 0 Å². The SMILES string of the molecule is CCOC(Cc1ccccc1)CN1CCN(CCC(=O)c2ccc(OC)c(OC)c2)CC1. The second kappa shape index (κ2) is 12.6. The average molecular weight is 441 g/mol. The van der Waals surface area contributed by atoms with Crippen LogP contribution in [-0.4, -0.2) is 81.8 Å². The van der Waals surface area contributed by atoms with Gasteiger partial charge in [0.25, 0.3) is 0 Å². The summed E-state index contributed by atoms with van der Waals surface area (Å²) in [5.74, 6) is 1.36. The van der Waals surface area contributed by atoms with E-state index >= 15 is 0 Å². The number of Topliss-reactive ketones (excluding diaryl/α,β-unsaturated/α-hetero) is 1. The Balaban J connectivity index is 1.43. The largest absolute Gasteiger partial charge is 0.493 e. The second-order valence-electron chi connectivity index (χ2n) is 8.15. The third-order valence-electron chi connectivity index (χ3n) is 6.00. The molecular formula is C26H36N2O4. The molecule has 32 heavy (non-hydrogen) atoms. The van der Waals surface area contributed by atoms with Crippen molar-refractivity contribution in [2.75, 3.05) is 60.1 Å². The normalized spacial score (nSPS) is 16.0. The Kier molecular flexibility index (Phi) is 9.53. The van der Waals surface area contributed by atoms with E-state index in [9.17, 15) is 4.79 Å². The quantitative estimate of drug-likeness (QED) is 0.471. The highest BCUT2D eigenvalue weighted by molar-refractivity contribution is 5.96. The van der Waals surface area contributed by atoms with Gasteiger partial charge in [0.2, 0.25) is 0 Å². The Morgan fingerprint density at radius 1 is 0.938 bits per heavy atom. The van der Waals surface area contributed by atoms with Gasteiger partial charge in [0.15, 0.2) is 17.3 Å². The van der Waals surface area contributed by atoms with E-state index in [4.69, 9.17) is 14.2 Å². The van der Waals surface area contributed by atoms with Gasteiger partial charge in [0, 0.05) is 57.9 Å². The van der Waals surface area contributed by atoms with E-state index in [1.54, 1.807) is 26.4 Å². The van der Waals surface area contributed by atoms with Gasteiger partial charge >= 0.3 is 0 Å². The lowest BCUT2D eigenvalue weighted by molar-refractivity contribution is 0.0198. The van der Waals surface area contributed by atoms with Crippen LogP contribution in [0.15, 0.2) is 48.5 Å². The smallest absolute Gasteiger partial charge is 0.164 e. The van der Waals surface area contributed by atoms with Gasteiger partial charge in [-0.3, -0.25) is 9.69 Å². The number of rotatable bonds is 12. The number of carbonyl (C=O) groups excluding carboxylic acids is 1. The van der Waals surface area contributed by atoms with E-state index in [1.807, 2.05) is 12.1 Å². The molecule has 0 amide bonds. The van der Waals surface area contributed by atoms with Crippen molar-refractivity contribution in [2.45, 2.75) is 25.9 Å². The van der Waals surface area contributed by atoms with E-state index < -0.39 is 0 Å². The van der Waals surface area contributed by atoms with E-state index in [1.165, 1.54) is 5.56 Å². The zero-order valence-electron chi connectivity index (χ0n) is 19.6. The van der Waals surface area contributed by atoms with Gasteiger partial charge in [-0.2, -0.15) is 0 Å². The third kappa shape index (κ3) is 7.05. The molecule has 1 aliphatic rings. The van der Waals surface area contributed by atoms with Crippen LogP contribution in [0.3, 0.4) is 0 Å². The van der Waals surface area contributed by atoms with Crippen LogP contribution in [-0.2, 0) is 11.2 Å². The Bertz CT molecular complexity index is 835. The highest BCUT2D eigenvalue weighted by Gasteiger charge is 2.21. The van der Waals surface area contributed by atoms with Crippen LogP contribution in [0.1, 0.15) is 29.3 Å². The third-order valence-corrected chi connectivity index (χ3v) is 6.00. The fourth-order valence-corrected chi connectivity index (χ4v) is 4.19. The summed E-state index contributed by atoms with van der Waals surface area (Å²) >= 11 is 0. The van der Waals surface area contributed by atoms with E-state index in [0.717, 1.165) is 52.3 Å². The first-order chi connectivity index (χ1) is 15.6. The predicted octanol–water partition coefficient (Wildman–Crippen LogP) is 3.54. The number of carbonyl (C=O) groups is 1. The Hall–Kier alpha value is -2.41. The van der Waals surface area contributed by atoms with Crippen LogP contribution in [0.25, 0.3) is 0 Å². The van der Waals surface area contributed by atoms with E-state index in [0.29, 0.717) is 23.5 Å². The van der Waals surface area contributed by atoms with Crippen LogP contribution in [0.4, 0.5) is 0 Å². The fourth-order valence-electron chi connectivity index (χ4n) is 4.19. The van der Waals surface area contributed by atoms with Crippen LogP contribution < -0.4 is 9.47 Å². The molecule has 2 aromatic rings. The van der Waals surface area contributed by atoms with Crippen molar-refractivity contribution in [2.24, 2.45) is 0 Å². The molecule has 1 aliphatic heterocycles. The summed E-state index contributed by atoms with van der Waals surface area (Å²) < 4.78 is 16.6. The molecule has 1 atom stereocenters. The molecule has 1 saturated heterocycles. The van der Waals surface area contributed by atoms with Crippen molar-refractivity contribution in [3.63, 3.8) is 0 Å². The highest BCUT2D eigenvalue weighted by Crippen LogP contribution is 2.28. The maximum Gasteiger partial charge on any atom is 0.164 e. The molecule has 174 valence electrons. The molecule has 0 radical (unpaired) electrons. The topological polar surface area (TPSA) is 51.2 Å². The maximum atomic E-state index is 12.7. The summed E-state index contributed by atoms with van der Waals surface area (Å²) in [5.41, 5.74) is 1.99. The van der Waals surface area contributed by atoms with Gasteiger partial charge in [-0.05, 0) is 37.1 Å². The molecule has 2 aromatic carbocycles. The van der Waals surface area contributed by atoms with Gasteiger partial charge in [-0.15, -0.1) is 0 Å². The van der Waals surface area contributed by atoms with Crippen molar-refractivity contribution < 1.29 is 19.0 Å². The number of ketones is 1. The molecule has 1 heterocycles. The number of benzene rings is 2. The summed E-state index contributed by atoms with van der Waals surface area (Å²) in [7, 11) is 3.18. The van der Waals surface area contributed by atoms with Gasteiger partial charge < -0.3 is 19.1 Å². The minimum absolute atomic E-state index is 0.132. The minimum Gasteiger partial charge on any atom is -0.493 e. The Labute approximate surface area is 192 Å². The van der Waals surface area contributed by atoms with Crippen molar-refractivity contribution in [1.82, 2.24) is 9.80 Å². The summed E-state index contributed by atoms with van der Waals surface area (Å²) in [6, 6.07) is 15.9. The lowest BCUT2D eigenvalue weighted by atomic mass is 10.1. The maximum absolute atomic E-state index is 12.7. The summed E-state index contributed by atoms with van der Waals surface area (Å²) in [6.45, 7) is 8.47. The van der Waals surface area contributed by atoms with Crippen molar-refractivity contribution >= 4 is 5.78 Å². The van der Waals surface area contributed by atoms with Crippen LogP contribution in [0.2, 0.25) is 0 Å². The first-order valence-corrected chi connectivity index (χ1v) is 11.5. The Morgan fingerprint density at radius 2 is 1.62 bits per heavy atom. The molecule has 0 aromatic heterocycles. The zero-order chi connectivity index (χ0) is 22.8. The van der Waals surface area contributed by atoms with Crippen molar-refractivity contribution in [3.8, 4) is 11.5 Å². The lowest BCUT2D eigenvalue weighted by Crippen LogP contribution is -2.49. The number of piperazine rings is 1. The van der Waals surface area contributed by atoms with Crippen LogP contribution >= 0.6 is 0 Å². The fraction of sp³-hybridized carbons (Fsp3) is 0.500. The molecule has 0 bridgehead atoms. The molecular weight excluding hydrogens is 404 g/mol. The van der Waals surface area contributed by atoms with E-state index in [2.05, 4.69) is 41.0 Å². The van der Waals surface area contributed by atoms with Crippen molar-refractivity contribution in [3.05, 3.63) is 59.7 Å². The Morgan fingerprint density at radius 3 is 2.28 bits per heavy atom. The number of hydrogen-bond acceptors (Lipinski definition) is 6. The minimum atomic E-state index is 0.132. The van der Waals surface area contributed by atoms with Crippen LogP contribution in [0.5, 0.6) is 11.5 Å². The zero-order valence-corrected chi connectivity index (χ0v) is 19.6. The standard InChI is InChI=1S/C26H36N2O4/c1-4-32-23(18-21-8-6-5-7-9-21)20-28-16-14-27(15-17-28)13-12-24(29)22-10-11-25(30-2)26(19-22)31-3/h5-11,19,23H,4,12-18,20H2,1-3H3. The second-order valence-corrected chi connectivity index (χ2v) is 8.15. The average Bonchev–Trinajstić information content (AvgIpc) is 2.83. The monoisotopic (exact) mass is 440 g/mol. The number of methoxy groups -OCH3 is 2. The van der Waals surface area contributed by atoms with Crippen LogP contribution in [0, 0.1) is 0 Å². The molecule has 0 saturated carbocycles. The predicted molar refractivity (Wildman–Crippen MR) is 127 cm³/mol. The molecule has 1 unspecified atom stereocenters. The lowest BCUT2D eigenvalue weighted by Gasteiger charge is -2.36.